The highest BCUT2D eigenvalue weighted by Crippen LogP contribution is 2.27. The van der Waals surface area contributed by atoms with Gasteiger partial charge in [0.25, 0.3) is 11.8 Å². The SMILES string of the molecule is CCn1ncc(NC(=O)c2ccc(COc3c(F)c(F)cc(F)c3F)cc2)c1C(=O)N1CCOCC1. The molecule has 1 N–H and O–H groups in total. The van der Waals surface area contributed by atoms with Gasteiger partial charge in [-0.1, -0.05) is 12.1 Å². The van der Waals surface area contributed by atoms with Gasteiger partial charge in [-0.2, -0.15) is 13.9 Å². The molecule has 4 rings (SSSR count). The fourth-order valence-corrected chi connectivity index (χ4v) is 3.64. The van der Waals surface area contributed by atoms with Crippen molar-refractivity contribution in [2.24, 2.45) is 0 Å². The number of nitrogens with one attached hydrogen (secondary N) is 1. The van der Waals surface area contributed by atoms with Gasteiger partial charge in [-0.15, -0.1) is 0 Å². The average Bonchev–Trinajstić information content (AvgIpc) is 3.30. The Bertz CT molecular complexity index is 1250. The zero-order valence-corrected chi connectivity index (χ0v) is 19.2. The fraction of sp³-hybridized carbons (Fsp3) is 0.292. The lowest BCUT2D eigenvalue weighted by Gasteiger charge is -2.27. The first kappa shape index (κ1) is 25.2. The maximum atomic E-state index is 13.8. The zero-order chi connectivity index (χ0) is 25.8. The van der Waals surface area contributed by atoms with Crippen LogP contribution in [0, 0.1) is 23.3 Å². The highest BCUT2D eigenvalue weighted by molar-refractivity contribution is 6.08. The summed E-state index contributed by atoms with van der Waals surface area (Å²) >= 11 is 0. The fourth-order valence-electron chi connectivity index (χ4n) is 3.64. The minimum Gasteiger partial charge on any atom is -0.483 e. The van der Waals surface area contributed by atoms with Crippen LogP contribution in [0.2, 0.25) is 0 Å². The predicted octanol–water partition coefficient (Wildman–Crippen LogP) is 3.76. The molecule has 2 aromatic carbocycles. The van der Waals surface area contributed by atoms with Crippen molar-refractivity contribution in [1.82, 2.24) is 14.7 Å². The van der Waals surface area contributed by atoms with Crippen LogP contribution in [-0.4, -0.2) is 52.8 Å². The lowest BCUT2D eigenvalue weighted by molar-refractivity contribution is 0.0295. The zero-order valence-electron chi connectivity index (χ0n) is 19.2. The lowest BCUT2D eigenvalue weighted by atomic mass is 10.1. The molecule has 1 aromatic heterocycles. The van der Waals surface area contributed by atoms with Gasteiger partial charge < -0.3 is 19.7 Å². The molecule has 1 saturated heterocycles. The maximum absolute atomic E-state index is 13.8. The molecule has 1 aliphatic heterocycles. The second-order valence-corrected chi connectivity index (χ2v) is 7.86. The predicted molar refractivity (Wildman–Crippen MR) is 120 cm³/mol. The van der Waals surface area contributed by atoms with E-state index in [0.717, 1.165) is 0 Å². The molecule has 1 fully saturated rings. The third-order valence-electron chi connectivity index (χ3n) is 5.56. The number of rotatable bonds is 7. The molecule has 36 heavy (non-hydrogen) atoms. The Labute approximate surface area is 203 Å². The second-order valence-electron chi connectivity index (χ2n) is 7.86. The van der Waals surface area contributed by atoms with E-state index in [2.05, 4.69) is 10.4 Å². The van der Waals surface area contributed by atoms with E-state index in [1.54, 1.807) is 4.90 Å². The lowest BCUT2D eigenvalue weighted by Crippen LogP contribution is -2.41. The number of hydrogen-bond donors (Lipinski definition) is 1. The van der Waals surface area contributed by atoms with E-state index >= 15 is 0 Å². The number of benzene rings is 2. The van der Waals surface area contributed by atoms with Crippen molar-refractivity contribution in [2.75, 3.05) is 31.6 Å². The summed E-state index contributed by atoms with van der Waals surface area (Å²) in [6.07, 6.45) is 1.40. The molecular formula is C24H22F4N4O4. The van der Waals surface area contributed by atoms with Crippen molar-refractivity contribution in [2.45, 2.75) is 20.1 Å². The topological polar surface area (TPSA) is 85.7 Å². The first-order valence-corrected chi connectivity index (χ1v) is 11.1. The minimum atomic E-state index is -1.64. The number of anilines is 1. The highest BCUT2D eigenvalue weighted by atomic mass is 19.2. The number of ether oxygens (including phenoxy) is 2. The molecule has 0 saturated carbocycles. The smallest absolute Gasteiger partial charge is 0.274 e. The number of nitrogens with zero attached hydrogens (tertiary/aromatic N) is 3. The van der Waals surface area contributed by atoms with Crippen LogP contribution in [-0.2, 0) is 17.9 Å². The van der Waals surface area contributed by atoms with Gasteiger partial charge in [0, 0.05) is 31.3 Å². The van der Waals surface area contributed by atoms with Gasteiger partial charge in [-0.25, -0.2) is 8.78 Å². The summed E-state index contributed by atoms with van der Waals surface area (Å²) in [6, 6.07) is 5.86. The number of morpholine rings is 1. The molecular weight excluding hydrogens is 484 g/mol. The number of carbonyl (C=O) groups is 2. The van der Waals surface area contributed by atoms with Gasteiger partial charge in [0.15, 0.2) is 17.4 Å². The Balaban J connectivity index is 1.45. The molecule has 0 aliphatic carbocycles. The van der Waals surface area contributed by atoms with Crippen LogP contribution in [0.5, 0.6) is 5.75 Å². The van der Waals surface area contributed by atoms with Crippen LogP contribution in [0.1, 0.15) is 33.3 Å². The van der Waals surface area contributed by atoms with Gasteiger partial charge in [0.2, 0.25) is 11.6 Å². The molecule has 0 bridgehead atoms. The van der Waals surface area contributed by atoms with Crippen molar-refractivity contribution >= 4 is 17.5 Å². The van der Waals surface area contributed by atoms with Crippen molar-refractivity contribution < 1.29 is 36.6 Å². The van der Waals surface area contributed by atoms with Crippen LogP contribution >= 0.6 is 0 Å². The number of aryl methyl sites for hydroxylation is 1. The first-order chi connectivity index (χ1) is 17.3. The Kier molecular flexibility index (Phi) is 7.53. The third-order valence-corrected chi connectivity index (χ3v) is 5.56. The van der Waals surface area contributed by atoms with Gasteiger partial charge in [0.05, 0.1) is 25.1 Å². The Morgan fingerprint density at radius 2 is 1.69 bits per heavy atom. The molecule has 8 nitrogen and oxygen atoms in total. The molecule has 12 heteroatoms. The number of hydrogen-bond acceptors (Lipinski definition) is 5. The normalized spacial score (nSPS) is 13.5. The monoisotopic (exact) mass is 506 g/mol. The van der Waals surface area contributed by atoms with E-state index in [9.17, 15) is 27.2 Å². The highest BCUT2D eigenvalue weighted by Gasteiger charge is 2.26. The molecule has 0 unspecified atom stereocenters. The first-order valence-electron chi connectivity index (χ1n) is 11.1. The molecule has 0 atom stereocenters. The quantitative estimate of drug-likeness (QED) is 0.390. The third kappa shape index (κ3) is 5.18. The summed E-state index contributed by atoms with van der Waals surface area (Å²) in [5, 5.41) is 6.87. The Hall–Kier alpha value is -3.93. The van der Waals surface area contributed by atoms with Crippen LogP contribution in [0.3, 0.4) is 0 Å². The maximum Gasteiger partial charge on any atom is 0.274 e. The van der Waals surface area contributed by atoms with E-state index in [0.29, 0.717) is 38.4 Å². The van der Waals surface area contributed by atoms with Gasteiger partial charge in [-0.05, 0) is 24.6 Å². The second kappa shape index (κ2) is 10.8. The van der Waals surface area contributed by atoms with Crippen molar-refractivity contribution in [3.8, 4) is 5.75 Å². The average molecular weight is 506 g/mol. The molecule has 1 aliphatic rings. The van der Waals surface area contributed by atoms with Crippen LogP contribution in [0.15, 0.2) is 36.5 Å². The molecule has 190 valence electrons. The minimum absolute atomic E-state index is 0.0923. The summed E-state index contributed by atoms with van der Waals surface area (Å²) in [5.74, 6) is -8.38. The number of halogens is 4. The van der Waals surface area contributed by atoms with Crippen LogP contribution in [0.25, 0.3) is 0 Å². The van der Waals surface area contributed by atoms with Crippen molar-refractivity contribution in [3.05, 3.63) is 76.6 Å². The molecule has 0 radical (unpaired) electrons. The van der Waals surface area contributed by atoms with E-state index in [-0.39, 0.29) is 28.9 Å². The standard InChI is InChI=1S/C24H22F4N4O4/c1-2-32-21(24(34)31-7-9-35-10-8-31)18(12-29-32)30-23(33)15-5-3-14(4-6-15)13-36-22-19(27)16(25)11-17(26)20(22)28/h3-6,11-12H,2,7-10,13H2,1H3,(H,30,33). The molecule has 3 aromatic rings. The summed E-state index contributed by atoms with van der Waals surface area (Å²) in [4.78, 5) is 27.5. The summed E-state index contributed by atoms with van der Waals surface area (Å²) in [7, 11) is 0. The number of aromatic nitrogens is 2. The van der Waals surface area contributed by atoms with Gasteiger partial charge in [0.1, 0.15) is 12.3 Å². The van der Waals surface area contributed by atoms with E-state index < -0.39 is 41.5 Å². The summed E-state index contributed by atoms with van der Waals surface area (Å²) < 4.78 is 65.9. The summed E-state index contributed by atoms with van der Waals surface area (Å²) in [6.45, 7) is 3.56. The molecule has 2 heterocycles. The van der Waals surface area contributed by atoms with Gasteiger partial charge >= 0.3 is 0 Å². The van der Waals surface area contributed by atoms with Crippen LogP contribution < -0.4 is 10.1 Å². The van der Waals surface area contributed by atoms with Crippen molar-refractivity contribution in [3.63, 3.8) is 0 Å². The Morgan fingerprint density at radius 3 is 2.31 bits per heavy atom. The summed E-state index contributed by atoms with van der Waals surface area (Å²) in [5.41, 5.74) is 1.12. The van der Waals surface area contributed by atoms with Crippen molar-refractivity contribution in [1.29, 1.82) is 0 Å². The van der Waals surface area contributed by atoms with E-state index in [1.165, 1.54) is 35.1 Å². The molecule has 2 amide bonds. The largest absolute Gasteiger partial charge is 0.483 e. The van der Waals surface area contributed by atoms with Gasteiger partial charge in [-0.3, -0.25) is 14.3 Å². The number of carbonyl (C=O) groups excluding carboxylic acids is 2. The number of amides is 2. The molecule has 0 spiro atoms. The Morgan fingerprint density at radius 1 is 1.06 bits per heavy atom. The van der Waals surface area contributed by atoms with E-state index in [1.807, 2.05) is 6.92 Å². The van der Waals surface area contributed by atoms with Crippen LogP contribution in [0.4, 0.5) is 23.2 Å². The van der Waals surface area contributed by atoms with E-state index in [4.69, 9.17) is 9.47 Å².